The van der Waals surface area contributed by atoms with Crippen LogP contribution in [0.3, 0.4) is 0 Å². The van der Waals surface area contributed by atoms with Gasteiger partial charge in [-0.25, -0.2) is 0 Å². The highest BCUT2D eigenvalue weighted by Gasteiger charge is 2.53. The first-order valence-corrected chi connectivity index (χ1v) is 7.64. The first kappa shape index (κ1) is 13.3. The second-order valence-corrected chi connectivity index (χ2v) is 6.82. The van der Waals surface area contributed by atoms with E-state index in [1.54, 1.807) is 0 Å². The molecule has 1 fully saturated rings. The highest BCUT2D eigenvalue weighted by molar-refractivity contribution is 9.09. The number of aliphatic hydroxyl groups is 1. The Morgan fingerprint density at radius 1 is 1.16 bits per heavy atom. The maximum atomic E-state index is 10.6. The molecule has 1 aliphatic carbocycles. The van der Waals surface area contributed by atoms with Gasteiger partial charge in [-0.15, -0.1) is 0 Å². The molecule has 4 heteroatoms. The third kappa shape index (κ3) is 1.59. The molecule has 0 bridgehead atoms. The van der Waals surface area contributed by atoms with Crippen LogP contribution in [0.15, 0.2) is 0 Å². The van der Waals surface area contributed by atoms with Gasteiger partial charge in [0.25, 0.3) is 0 Å². The van der Waals surface area contributed by atoms with Gasteiger partial charge in [0.2, 0.25) is 0 Å². The Kier molecular flexibility index (Phi) is 2.88. The molecule has 2 N–H and O–H groups in total. The van der Waals surface area contributed by atoms with Gasteiger partial charge >= 0.3 is 0 Å². The molecule has 3 nitrogen and oxygen atoms in total. The lowest BCUT2D eigenvalue weighted by atomic mass is 9.72. The molecule has 0 aromatic heterocycles. The van der Waals surface area contributed by atoms with Crippen molar-refractivity contribution < 1.29 is 14.9 Å². The largest absolute Gasteiger partial charge is 0.507 e. The molecule has 2 unspecified atom stereocenters. The number of rotatable bonds is 0. The van der Waals surface area contributed by atoms with Crippen molar-refractivity contribution in [2.75, 3.05) is 0 Å². The van der Waals surface area contributed by atoms with Crippen LogP contribution >= 0.6 is 15.9 Å². The summed E-state index contributed by atoms with van der Waals surface area (Å²) in [4.78, 5) is -0.110. The molecule has 1 aliphatic heterocycles. The predicted octanol–water partition coefficient (Wildman–Crippen LogP) is 3.43. The summed E-state index contributed by atoms with van der Waals surface area (Å²) in [5.74, 6) is 1.04. The third-order valence-corrected chi connectivity index (χ3v) is 6.18. The Hall–Kier alpha value is -0.740. The van der Waals surface area contributed by atoms with E-state index in [0.717, 1.165) is 47.3 Å². The summed E-state index contributed by atoms with van der Waals surface area (Å²) in [5, 5.41) is 20.8. The Bertz CT molecular complexity index is 549. The van der Waals surface area contributed by atoms with E-state index in [1.807, 2.05) is 20.8 Å². The van der Waals surface area contributed by atoms with Gasteiger partial charge in [0, 0.05) is 11.1 Å². The monoisotopic (exact) mass is 326 g/mol. The van der Waals surface area contributed by atoms with Crippen molar-refractivity contribution in [1.29, 1.82) is 0 Å². The van der Waals surface area contributed by atoms with E-state index in [2.05, 4.69) is 15.9 Å². The second-order valence-electron chi connectivity index (χ2n) is 5.83. The van der Waals surface area contributed by atoms with E-state index in [-0.39, 0.29) is 16.2 Å². The van der Waals surface area contributed by atoms with Gasteiger partial charge in [-0.05, 0) is 51.2 Å². The fraction of sp³-hybridized carbons (Fsp3) is 0.600. The zero-order valence-electron chi connectivity index (χ0n) is 11.5. The average molecular weight is 327 g/mol. The average Bonchev–Trinajstić information content (AvgIpc) is 2.35. The minimum absolute atomic E-state index is 0.110. The van der Waals surface area contributed by atoms with Crippen molar-refractivity contribution in [1.82, 2.24) is 0 Å². The molecule has 19 heavy (non-hydrogen) atoms. The zero-order valence-corrected chi connectivity index (χ0v) is 13.0. The number of benzene rings is 1. The number of phenols is 1. The number of ether oxygens (including phenoxy) is 1. The van der Waals surface area contributed by atoms with E-state index < -0.39 is 6.10 Å². The number of fused-ring (bicyclic) bond motifs is 1. The van der Waals surface area contributed by atoms with Crippen LogP contribution in [0.2, 0.25) is 0 Å². The number of aliphatic hydroxyl groups excluding tert-OH is 1. The van der Waals surface area contributed by atoms with Crippen molar-refractivity contribution >= 4 is 15.9 Å². The lowest BCUT2D eigenvalue weighted by Crippen LogP contribution is -2.55. The van der Waals surface area contributed by atoms with Gasteiger partial charge in [0.05, 0.1) is 10.9 Å². The van der Waals surface area contributed by atoms with Crippen LogP contribution in [0.25, 0.3) is 0 Å². The molecule has 0 radical (unpaired) electrons. The molecular weight excluding hydrogens is 308 g/mol. The molecule has 1 aromatic rings. The van der Waals surface area contributed by atoms with Crippen molar-refractivity contribution in [2.45, 2.75) is 56.6 Å². The van der Waals surface area contributed by atoms with Crippen molar-refractivity contribution in [3.8, 4) is 11.5 Å². The van der Waals surface area contributed by atoms with Crippen LogP contribution in [0.1, 0.15) is 47.6 Å². The molecule has 1 heterocycles. The third-order valence-electron chi connectivity index (χ3n) is 4.84. The Labute approximate surface area is 121 Å². The van der Waals surface area contributed by atoms with E-state index in [4.69, 9.17) is 4.74 Å². The highest BCUT2D eigenvalue weighted by atomic mass is 79.9. The summed E-state index contributed by atoms with van der Waals surface area (Å²) >= 11 is 3.60. The first-order valence-electron chi connectivity index (χ1n) is 6.73. The van der Waals surface area contributed by atoms with Crippen molar-refractivity contribution in [2.24, 2.45) is 0 Å². The number of aromatic hydroxyl groups is 1. The second kappa shape index (κ2) is 4.13. The minimum atomic E-state index is -0.630. The summed E-state index contributed by atoms with van der Waals surface area (Å²) in [5.41, 5.74) is 2.96. The summed E-state index contributed by atoms with van der Waals surface area (Å²) in [6, 6.07) is 0. The lowest BCUT2D eigenvalue weighted by molar-refractivity contribution is -0.0576. The normalized spacial score (nSPS) is 27.6. The van der Waals surface area contributed by atoms with Crippen LogP contribution in [0, 0.1) is 20.8 Å². The molecule has 0 saturated heterocycles. The Balaban J connectivity index is 2.23. The smallest absolute Gasteiger partial charge is 0.129 e. The highest BCUT2D eigenvalue weighted by Crippen LogP contribution is 2.55. The van der Waals surface area contributed by atoms with E-state index in [1.165, 1.54) is 0 Å². The first-order chi connectivity index (χ1) is 8.89. The van der Waals surface area contributed by atoms with Crippen molar-refractivity contribution in [3.05, 3.63) is 22.3 Å². The topological polar surface area (TPSA) is 49.7 Å². The van der Waals surface area contributed by atoms with Crippen LogP contribution in [0.5, 0.6) is 11.5 Å². The van der Waals surface area contributed by atoms with Crippen LogP contribution in [-0.4, -0.2) is 20.6 Å². The number of halogens is 1. The van der Waals surface area contributed by atoms with Gasteiger partial charge in [0.1, 0.15) is 17.1 Å². The van der Waals surface area contributed by atoms with Gasteiger partial charge < -0.3 is 14.9 Å². The maximum absolute atomic E-state index is 10.6. The molecule has 2 aliphatic rings. The lowest BCUT2D eigenvalue weighted by Gasteiger charge is -2.51. The molecule has 1 saturated carbocycles. The molecular formula is C15H19BrO3. The quantitative estimate of drug-likeness (QED) is 0.718. The molecule has 2 atom stereocenters. The predicted molar refractivity (Wildman–Crippen MR) is 77.2 cm³/mol. The van der Waals surface area contributed by atoms with Crippen molar-refractivity contribution in [3.63, 3.8) is 0 Å². The van der Waals surface area contributed by atoms with Gasteiger partial charge in [-0.3, -0.25) is 0 Å². The Morgan fingerprint density at radius 3 is 2.32 bits per heavy atom. The van der Waals surface area contributed by atoms with Gasteiger partial charge in [0.15, 0.2) is 0 Å². The molecule has 1 aromatic carbocycles. The number of alkyl halides is 1. The van der Waals surface area contributed by atoms with E-state index in [9.17, 15) is 10.2 Å². The Morgan fingerprint density at radius 2 is 1.79 bits per heavy atom. The molecule has 3 rings (SSSR count). The number of hydrogen-bond acceptors (Lipinski definition) is 3. The molecule has 1 spiro atoms. The fourth-order valence-electron chi connectivity index (χ4n) is 3.21. The zero-order chi connectivity index (χ0) is 13.9. The SMILES string of the molecule is Cc1c(C)c2c(c(C)c1O)C(O)C(Br)C1(CCC1)O2. The van der Waals surface area contributed by atoms with Gasteiger partial charge in [-0.2, -0.15) is 0 Å². The summed E-state index contributed by atoms with van der Waals surface area (Å²) in [6.45, 7) is 5.67. The van der Waals surface area contributed by atoms with Crippen LogP contribution in [0.4, 0.5) is 0 Å². The minimum Gasteiger partial charge on any atom is -0.507 e. The maximum Gasteiger partial charge on any atom is 0.129 e. The summed E-state index contributed by atoms with van der Waals surface area (Å²) < 4.78 is 6.27. The fourth-order valence-corrected chi connectivity index (χ4v) is 4.03. The number of phenolic OH excluding ortho intramolecular Hbond substituents is 1. The van der Waals surface area contributed by atoms with E-state index in [0.29, 0.717) is 0 Å². The van der Waals surface area contributed by atoms with E-state index >= 15 is 0 Å². The van der Waals surface area contributed by atoms with Gasteiger partial charge in [-0.1, -0.05) is 15.9 Å². The summed E-state index contributed by atoms with van der Waals surface area (Å²) in [7, 11) is 0. The standard InChI is InChI=1S/C15H19BrO3/c1-7-8(2)13-10(9(3)11(7)17)12(18)14(16)15(19-13)5-4-6-15/h12,14,17-18H,4-6H2,1-3H3. The van der Waals surface area contributed by atoms with Crippen LogP contribution < -0.4 is 4.74 Å². The molecule has 104 valence electrons. The number of hydrogen-bond donors (Lipinski definition) is 2. The summed E-state index contributed by atoms with van der Waals surface area (Å²) in [6.07, 6.45) is 2.45. The van der Waals surface area contributed by atoms with Crippen LogP contribution in [-0.2, 0) is 0 Å². The molecule has 0 amide bonds.